The molecule has 1 aliphatic heterocycles. The second-order valence-electron chi connectivity index (χ2n) is 5.00. The Balaban J connectivity index is 1.92. The summed E-state index contributed by atoms with van der Waals surface area (Å²) in [6.07, 6.45) is 2.02. The van der Waals surface area contributed by atoms with E-state index in [2.05, 4.69) is 14.6 Å². The van der Waals surface area contributed by atoms with Crippen LogP contribution in [0.3, 0.4) is 0 Å². The van der Waals surface area contributed by atoms with Crippen LogP contribution in [0.15, 0.2) is 41.7 Å². The molecule has 3 rings (SSSR count). The van der Waals surface area contributed by atoms with E-state index in [1.165, 1.54) is 0 Å². The highest BCUT2D eigenvalue weighted by atomic mass is 35.5. The maximum Gasteiger partial charge on any atom is 0.136 e. The van der Waals surface area contributed by atoms with Crippen molar-refractivity contribution in [3.05, 3.63) is 52.8 Å². The fourth-order valence-corrected chi connectivity index (χ4v) is 2.43. The number of hydrogen-bond acceptors (Lipinski definition) is 3. The van der Waals surface area contributed by atoms with Gasteiger partial charge in [0.1, 0.15) is 12.3 Å². The molecule has 0 bridgehead atoms. The summed E-state index contributed by atoms with van der Waals surface area (Å²) in [5.74, 6) is 0. The van der Waals surface area contributed by atoms with E-state index in [1.807, 2.05) is 50.6 Å². The van der Waals surface area contributed by atoms with Crippen molar-refractivity contribution in [3.8, 4) is 5.69 Å². The Morgan fingerprint density at radius 2 is 2.15 bits per heavy atom. The van der Waals surface area contributed by atoms with Crippen molar-refractivity contribution in [1.82, 2.24) is 9.47 Å². The van der Waals surface area contributed by atoms with E-state index < -0.39 is 0 Å². The zero-order valence-electron chi connectivity index (χ0n) is 11.5. The van der Waals surface area contributed by atoms with Crippen molar-refractivity contribution in [3.63, 3.8) is 0 Å². The Labute approximate surface area is 123 Å². The van der Waals surface area contributed by atoms with Crippen LogP contribution in [-0.2, 0) is 4.84 Å². The van der Waals surface area contributed by atoms with E-state index in [0.29, 0.717) is 11.6 Å². The van der Waals surface area contributed by atoms with E-state index in [0.717, 1.165) is 29.2 Å². The first-order valence-electron chi connectivity index (χ1n) is 6.49. The van der Waals surface area contributed by atoms with Crippen molar-refractivity contribution >= 4 is 17.3 Å². The van der Waals surface area contributed by atoms with Crippen molar-refractivity contribution in [2.45, 2.75) is 0 Å². The van der Waals surface area contributed by atoms with Gasteiger partial charge in [0, 0.05) is 23.3 Å². The largest absolute Gasteiger partial charge is 0.394 e. The van der Waals surface area contributed by atoms with Gasteiger partial charge in [-0.25, -0.2) is 0 Å². The van der Waals surface area contributed by atoms with Gasteiger partial charge in [-0.2, -0.15) is 0 Å². The molecule has 4 nitrogen and oxygen atoms in total. The molecule has 2 aromatic rings. The molecule has 0 unspecified atom stereocenters. The second-order valence-corrected chi connectivity index (χ2v) is 5.44. The molecule has 0 saturated carbocycles. The summed E-state index contributed by atoms with van der Waals surface area (Å²) >= 11 is 6.09. The average molecular weight is 290 g/mol. The Hall–Kier alpha value is -1.78. The van der Waals surface area contributed by atoms with Crippen LogP contribution in [0.4, 0.5) is 0 Å². The minimum Gasteiger partial charge on any atom is -0.394 e. The molecule has 5 heteroatoms. The number of halogens is 1. The van der Waals surface area contributed by atoms with E-state index >= 15 is 0 Å². The summed E-state index contributed by atoms with van der Waals surface area (Å²) in [5, 5.41) is 5.01. The van der Waals surface area contributed by atoms with Gasteiger partial charge in [0.05, 0.1) is 11.4 Å². The molecule has 0 fully saturated rings. The van der Waals surface area contributed by atoms with Gasteiger partial charge in [-0.1, -0.05) is 16.8 Å². The van der Waals surface area contributed by atoms with Crippen LogP contribution < -0.4 is 0 Å². The Morgan fingerprint density at radius 3 is 2.95 bits per heavy atom. The maximum absolute atomic E-state index is 6.09. The van der Waals surface area contributed by atoms with E-state index in [4.69, 9.17) is 16.4 Å². The van der Waals surface area contributed by atoms with Crippen LogP contribution >= 0.6 is 11.6 Å². The predicted molar refractivity (Wildman–Crippen MR) is 80.9 cm³/mol. The molecule has 2 heterocycles. The number of hydrogen-bond donors (Lipinski definition) is 0. The summed E-state index contributed by atoms with van der Waals surface area (Å²) in [5.41, 5.74) is 3.97. The van der Waals surface area contributed by atoms with E-state index in [-0.39, 0.29) is 0 Å². The average Bonchev–Trinajstić information content (AvgIpc) is 2.96. The monoisotopic (exact) mass is 289 g/mol. The highest BCUT2D eigenvalue weighted by Gasteiger charge is 2.25. The highest BCUT2D eigenvalue weighted by molar-refractivity contribution is 6.31. The molecule has 1 aromatic carbocycles. The van der Waals surface area contributed by atoms with Crippen LogP contribution in [0.2, 0.25) is 5.02 Å². The van der Waals surface area contributed by atoms with Gasteiger partial charge in [-0.3, -0.25) is 0 Å². The molecule has 0 aliphatic carbocycles. The first-order chi connectivity index (χ1) is 9.66. The Bertz CT molecular complexity index is 661. The zero-order valence-corrected chi connectivity index (χ0v) is 12.3. The van der Waals surface area contributed by atoms with E-state index in [9.17, 15) is 0 Å². The number of benzene rings is 1. The number of rotatable bonds is 4. The second kappa shape index (κ2) is 5.31. The van der Waals surface area contributed by atoms with E-state index in [1.54, 1.807) is 0 Å². The fraction of sp³-hybridized carbons (Fsp3) is 0.267. The molecular weight excluding hydrogens is 274 g/mol. The molecule has 0 spiro atoms. The number of likely N-dealkylation sites (N-methyl/N-ethyl adjacent to an activating group) is 1. The van der Waals surface area contributed by atoms with Gasteiger partial charge < -0.3 is 14.3 Å². The number of fused-ring (bicyclic) bond motifs is 3. The minimum absolute atomic E-state index is 0.563. The maximum atomic E-state index is 6.09. The van der Waals surface area contributed by atoms with Crippen molar-refractivity contribution in [2.24, 2.45) is 5.16 Å². The molecule has 0 atom stereocenters. The summed E-state index contributed by atoms with van der Waals surface area (Å²) in [6.45, 7) is 1.40. The first-order valence-corrected chi connectivity index (χ1v) is 6.87. The van der Waals surface area contributed by atoms with Gasteiger partial charge in [0.15, 0.2) is 0 Å². The molecule has 104 valence electrons. The topological polar surface area (TPSA) is 29.8 Å². The first kappa shape index (κ1) is 13.2. The molecule has 1 aromatic heterocycles. The third-order valence-electron chi connectivity index (χ3n) is 3.25. The van der Waals surface area contributed by atoms with Crippen LogP contribution in [0.5, 0.6) is 0 Å². The number of oxime groups is 1. The van der Waals surface area contributed by atoms with Crippen molar-refractivity contribution in [1.29, 1.82) is 0 Å². The third kappa shape index (κ3) is 2.32. The smallest absolute Gasteiger partial charge is 0.136 e. The lowest BCUT2D eigenvalue weighted by molar-refractivity contribution is 0.126. The quantitative estimate of drug-likeness (QED) is 0.546. The zero-order chi connectivity index (χ0) is 14.1. The normalized spacial score (nSPS) is 14.7. The third-order valence-corrected chi connectivity index (χ3v) is 3.49. The predicted octanol–water partition coefficient (Wildman–Crippen LogP) is 2.77. The Morgan fingerprint density at radius 1 is 1.30 bits per heavy atom. The standard InChI is InChI=1S/C15H16ClN3O/c1-18(2)8-9-20-17-15-12-10-11(16)5-6-13(12)19-7-3-4-14(15)19/h3-7,10H,8-9H2,1-2H3/b17-15+. The SMILES string of the molecule is CN(C)CCO/N=C1\c2cc(Cl)ccc2-n2cccc21. The molecule has 0 radical (unpaired) electrons. The summed E-state index contributed by atoms with van der Waals surface area (Å²) in [4.78, 5) is 7.50. The lowest BCUT2D eigenvalue weighted by Gasteiger charge is -2.07. The molecule has 20 heavy (non-hydrogen) atoms. The highest BCUT2D eigenvalue weighted by Crippen LogP contribution is 2.30. The fourth-order valence-electron chi connectivity index (χ4n) is 2.26. The minimum atomic E-state index is 0.563. The lowest BCUT2D eigenvalue weighted by Crippen LogP contribution is -2.17. The lowest BCUT2D eigenvalue weighted by atomic mass is 10.1. The van der Waals surface area contributed by atoms with Gasteiger partial charge >= 0.3 is 0 Å². The van der Waals surface area contributed by atoms with Gasteiger partial charge in [0.25, 0.3) is 0 Å². The summed E-state index contributed by atoms with van der Waals surface area (Å²) in [6, 6.07) is 9.85. The van der Waals surface area contributed by atoms with Crippen LogP contribution in [0.1, 0.15) is 11.3 Å². The molecular formula is C15H16ClN3O. The van der Waals surface area contributed by atoms with Crippen molar-refractivity contribution < 1.29 is 4.84 Å². The van der Waals surface area contributed by atoms with Crippen LogP contribution in [-0.4, -0.2) is 42.4 Å². The number of aromatic nitrogens is 1. The number of nitrogens with zero attached hydrogens (tertiary/aromatic N) is 3. The van der Waals surface area contributed by atoms with Crippen molar-refractivity contribution in [2.75, 3.05) is 27.2 Å². The molecule has 0 amide bonds. The Kier molecular flexibility index (Phi) is 3.51. The van der Waals surface area contributed by atoms with Gasteiger partial charge in [-0.15, -0.1) is 0 Å². The van der Waals surface area contributed by atoms with Gasteiger partial charge in [0.2, 0.25) is 0 Å². The van der Waals surface area contributed by atoms with Crippen LogP contribution in [0, 0.1) is 0 Å². The van der Waals surface area contributed by atoms with Gasteiger partial charge in [-0.05, 0) is 44.4 Å². The molecule has 0 N–H and O–H groups in total. The molecule has 1 aliphatic rings. The van der Waals surface area contributed by atoms with Crippen LogP contribution in [0.25, 0.3) is 5.69 Å². The molecule has 0 saturated heterocycles. The summed E-state index contributed by atoms with van der Waals surface area (Å²) < 4.78 is 2.10. The summed E-state index contributed by atoms with van der Waals surface area (Å²) in [7, 11) is 4.01.